The van der Waals surface area contributed by atoms with Crippen LogP contribution in [-0.4, -0.2) is 24.8 Å². The van der Waals surface area contributed by atoms with Crippen LogP contribution in [0.15, 0.2) is 0 Å². The number of hydrogen-bond acceptors (Lipinski definition) is 5. The van der Waals surface area contributed by atoms with E-state index in [1.165, 1.54) is 6.42 Å². The van der Waals surface area contributed by atoms with Crippen molar-refractivity contribution in [3.63, 3.8) is 0 Å². The molecule has 0 aromatic heterocycles. The predicted molar refractivity (Wildman–Crippen MR) is 66.6 cm³/mol. The Morgan fingerprint density at radius 2 is 1.61 bits per heavy atom. The summed E-state index contributed by atoms with van der Waals surface area (Å²) in [6, 6.07) is 0. The quantitative estimate of drug-likeness (QED) is 0.428. The molecule has 0 bridgehead atoms. The van der Waals surface area contributed by atoms with E-state index in [2.05, 4.69) is 4.74 Å². The van der Waals surface area contributed by atoms with Crippen molar-refractivity contribution in [1.82, 2.24) is 0 Å². The van der Waals surface area contributed by atoms with Crippen LogP contribution in [0.1, 0.15) is 57.8 Å². The minimum atomic E-state index is -0.307. The minimum Gasteiger partial charge on any atom is -0.462 e. The number of carbonyl (C=O) groups excluding carboxylic acids is 2. The Morgan fingerprint density at radius 3 is 2.22 bits per heavy atom. The van der Waals surface area contributed by atoms with Crippen LogP contribution in [-0.2, 0) is 19.1 Å². The molecule has 0 spiro atoms. The lowest BCUT2D eigenvalue weighted by Gasteiger charge is -2.21. The van der Waals surface area contributed by atoms with Crippen molar-refractivity contribution >= 4 is 11.9 Å². The van der Waals surface area contributed by atoms with Gasteiger partial charge in [-0.15, -0.1) is 0 Å². The monoisotopic (exact) mass is 257 g/mol. The third kappa shape index (κ3) is 6.59. The Hall–Kier alpha value is -1.10. The lowest BCUT2D eigenvalue weighted by atomic mass is 9.98. The van der Waals surface area contributed by atoms with Crippen molar-refractivity contribution in [3.05, 3.63) is 0 Å². The summed E-state index contributed by atoms with van der Waals surface area (Å²) < 4.78 is 9.96. The molecule has 1 rings (SSSR count). The van der Waals surface area contributed by atoms with Crippen LogP contribution < -0.4 is 5.73 Å². The van der Waals surface area contributed by atoms with Gasteiger partial charge in [0.15, 0.2) is 0 Å². The van der Waals surface area contributed by atoms with E-state index in [4.69, 9.17) is 10.5 Å². The van der Waals surface area contributed by atoms with Crippen LogP contribution in [0.2, 0.25) is 0 Å². The first-order valence-electron chi connectivity index (χ1n) is 6.77. The maximum Gasteiger partial charge on any atom is 0.307 e. The molecule has 0 amide bonds. The Labute approximate surface area is 108 Å². The summed E-state index contributed by atoms with van der Waals surface area (Å²) in [5, 5.41) is 0. The highest BCUT2D eigenvalue weighted by atomic mass is 16.5. The molecule has 1 aliphatic carbocycles. The summed E-state index contributed by atoms with van der Waals surface area (Å²) in [7, 11) is 0. The molecule has 0 unspecified atom stereocenters. The summed E-state index contributed by atoms with van der Waals surface area (Å²) in [4.78, 5) is 22.5. The van der Waals surface area contributed by atoms with Gasteiger partial charge >= 0.3 is 11.9 Å². The SMILES string of the molecule is NCOC(=O)CCCCC(=O)OC1CCCCC1. The van der Waals surface area contributed by atoms with Crippen LogP contribution >= 0.6 is 0 Å². The molecule has 5 heteroatoms. The van der Waals surface area contributed by atoms with Crippen LogP contribution in [0.4, 0.5) is 0 Å². The second kappa shape index (κ2) is 8.91. The number of nitrogens with two attached hydrogens (primary N) is 1. The molecule has 104 valence electrons. The van der Waals surface area contributed by atoms with Gasteiger partial charge < -0.3 is 9.47 Å². The lowest BCUT2D eigenvalue weighted by molar-refractivity contribution is -0.151. The lowest BCUT2D eigenvalue weighted by Crippen LogP contribution is -2.20. The van der Waals surface area contributed by atoms with Gasteiger partial charge in [0.05, 0.1) is 0 Å². The summed E-state index contributed by atoms with van der Waals surface area (Å²) in [6.45, 7) is -0.0808. The smallest absolute Gasteiger partial charge is 0.307 e. The molecule has 0 heterocycles. The van der Waals surface area contributed by atoms with Crippen LogP contribution in [0.25, 0.3) is 0 Å². The van der Waals surface area contributed by atoms with Gasteiger partial charge in [0.1, 0.15) is 12.8 Å². The van der Waals surface area contributed by atoms with E-state index in [1.54, 1.807) is 0 Å². The van der Waals surface area contributed by atoms with Gasteiger partial charge in [0.2, 0.25) is 0 Å². The Morgan fingerprint density at radius 1 is 1.00 bits per heavy atom. The highest BCUT2D eigenvalue weighted by molar-refractivity contribution is 5.70. The highest BCUT2D eigenvalue weighted by Crippen LogP contribution is 2.20. The van der Waals surface area contributed by atoms with Gasteiger partial charge in [0.25, 0.3) is 0 Å². The van der Waals surface area contributed by atoms with Crippen molar-refractivity contribution in [2.75, 3.05) is 6.73 Å². The molecule has 0 saturated heterocycles. The van der Waals surface area contributed by atoms with E-state index < -0.39 is 0 Å². The molecule has 0 aromatic rings. The molecule has 0 atom stereocenters. The zero-order valence-corrected chi connectivity index (χ0v) is 10.9. The molecule has 0 aromatic carbocycles. The number of esters is 2. The standard InChI is InChI=1S/C13H23NO4/c14-10-17-12(15)8-4-5-9-13(16)18-11-6-2-1-3-7-11/h11H,1-10,14H2. The average Bonchev–Trinajstić information content (AvgIpc) is 2.36. The fourth-order valence-electron chi connectivity index (χ4n) is 2.13. The number of rotatable bonds is 7. The second-order valence-corrected chi connectivity index (χ2v) is 4.64. The van der Waals surface area contributed by atoms with Crippen molar-refractivity contribution < 1.29 is 19.1 Å². The highest BCUT2D eigenvalue weighted by Gasteiger charge is 2.17. The van der Waals surface area contributed by atoms with Gasteiger partial charge in [-0.25, -0.2) is 0 Å². The summed E-state index contributed by atoms with van der Waals surface area (Å²) >= 11 is 0. The van der Waals surface area contributed by atoms with Crippen LogP contribution in [0, 0.1) is 0 Å². The molecule has 2 N–H and O–H groups in total. The van der Waals surface area contributed by atoms with E-state index in [1.807, 2.05) is 0 Å². The maximum atomic E-state index is 11.5. The van der Waals surface area contributed by atoms with Crippen molar-refractivity contribution in [3.8, 4) is 0 Å². The predicted octanol–water partition coefficient (Wildman–Crippen LogP) is 1.88. The first-order valence-corrected chi connectivity index (χ1v) is 6.77. The fraction of sp³-hybridized carbons (Fsp3) is 0.846. The number of hydrogen-bond donors (Lipinski definition) is 1. The normalized spacial score (nSPS) is 16.3. The van der Waals surface area contributed by atoms with E-state index in [0.29, 0.717) is 25.7 Å². The van der Waals surface area contributed by atoms with Crippen molar-refractivity contribution in [1.29, 1.82) is 0 Å². The summed E-state index contributed by atoms with van der Waals surface area (Å²) in [5.74, 6) is -0.452. The molecule has 1 fully saturated rings. The third-order valence-electron chi connectivity index (χ3n) is 3.11. The molecular formula is C13H23NO4. The number of ether oxygens (including phenoxy) is 2. The summed E-state index contributed by atoms with van der Waals surface area (Å²) in [5.41, 5.74) is 5.07. The number of carbonyl (C=O) groups is 2. The Balaban J connectivity index is 2.01. The van der Waals surface area contributed by atoms with Gasteiger partial charge in [0, 0.05) is 12.8 Å². The first kappa shape index (κ1) is 15.0. The molecule has 18 heavy (non-hydrogen) atoms. The van der Waals surface area contributed by atoms with E-state index in [-0.39, 0.29) is 24.8 Å². The van der Waals surface area contributed by atoms with Gasteiger partial charge in [-0.2, -0.15) is 0 Å². The number of unbranched alkanes of at least 4 members (excludes halogenated alkanes) is 1. The van der Waals surface area contributed by atoms with Crippen molar-refractivity contribution in [2.45, 2.75) is 63.9 Å². The minimum absolute atomic E-state index is 0.0808. The molecule has 1 aliphatic rings. The Bertz CT molecular complexity index is 262. The van der Waals surface area contributed by atoms with Gasteiger partial charge in [-0.05, 0) is 38.5 Å². The average molecular weight is 257 g/mol. The molecular weight excluding hydrogens is 234 g/mol. The Kier molecular flexibility index (Phi) is 7.41. The third-order valence-corrected chi connectivity index (χ3v) is 3.11. The zero-order valence-electron chi connectivity index (χ0n) is 10.9. The largest absolute Gasteiger partial charge is 0.462 e. The van der Waals surface area contributed by atoms with Crippen LogP contribution in [0.5, 0.6) is 0 Å². The van der Waals surface area contributed by atoms with Crippen LogP contribution in [0.3, 0.4) is 0 Å². The first-order chi connectivity index (χ1) is 8.72. The molecule has 0 aliphatic heterocycles. The van der Waals surface area contributed by atoms with E-state index >= 15 is 0 Å². The van der Waals surface area contributed by atoms with E-state index in [0.717, 1.165) is 25.7 Å². The molecule has 0 radical (unpaired) electrons. The van der Waals surface area contributed by atoms with Gasteiger partial charge in [-0.1, -0.05) is 6.42 Å². The topological polar surface area (TPSA) is 78.6 Å². The molecule has 5 nitrogen and oxygen atoms in total. The van der Waals surface area contributed by atoms with E-state index in [9.17, 15) is 9.59 Å². The van der Waals surface area contributed by atoms with Crippen molar-refractivity contribution in [2.24, 2.45) is 5.73 Å². The zero-order chi connectivity index (χ0) is 13.2. The van der Waals surface area contributed by atoms with Gasteiger partial charge in [-0.3, -0.25) is 15.3 Å². The second-order valence-electron chi connectivity index (χ2n) is 4.64. The summed E-state index contributed by atoms with van der Waals surface area (Å²) in [6.07, 6.45) is 7.66. The molecule has 1 saturated carbocycles. The fourth-order valence-corrected chi connectivity index (χ4v) is 2.13. The maximum absolute atomic E-state index is 11.5.